The van der Waals surface area contributed by atoms with Gasteiger partial charge in [0.2, 0.25) is 0 Å². The summed E-state index contributed by atoms with van der Waals surface area (Å²) in [5.74, 6) is 0. The Kier molecular flexibility index (Phi) is 3.79. The highest BCUT2D eigenvalue weighted by molar-refractivity contribution is 7.71. The normalized spacial score (nSPS) is 10.7. The van der Waals surface area contributed by atoms with Crippen LogP contribution in [0, 0.1) is 4.77 Å². The van der Waals surface area contributed by atoms with Crippen molar-refractivity contribution in [2.45, 2.75) is 33.1 Å². The van der Waals surface area contributed by atoms with Crippen molar-refractivity contribution in [1.82, 2.24) is 9.55 Å². The van der Waals surface area contributed by atoms with Crippen LogP contribution in [0.2, 0.25) is 0 Å². The fourth-order valence-electron chi connectivity index (χ4n) is 2.14. The van der Waals surface area contributed by atoms with E-state index in [2.05, 4.69) is 47.7 Å². The van der Waals surface area contributed by atoms with Gasteiger partial charge in [0.05, 0.1) is 5.69 Å². The second-order valence-corrected chi connectivity index (χ2v) is 4.54. The van der Waals surface area contributed by atoms with Gasteiger partial charge in [-0.05, 0) is 36.7 Å². The number of hydrogen-bond donors (Lipinski definition) is 1. The van der Waals surface area contributed by atoms with Gasteiger partial charge in [-0.15, -0.1) is 0 Å². The molecule has 1 heterocycles. The molecular weight excluding hydrogens is 228 g/mol. The number of para-hydroxylation sites is 1. The van der Waals surface area contributed by atoms with Crippen molar-refractivity contribution in [3.8, 4) is 5.69 Å². The molecule has 0 radical (unpaired) electrons. The molecule has 0 saturated carbocycles. The van der Waals surface area contributed by atoms with Crippen molar-refractivity contribution in [1.29, 1.82) is 0 Å². The molecule has 90 valence electrons. The highest BCUT2D eigenvalue weighted by Crippen LogP contribution is 2.19. The molecule has 0 aliphatic carbocycles. The Balaban J connectivity index is 2.59. The van der Waals surface area contributed by atoms with Crippen LogP contribution < -0.4 is 0 Å². The van der Waals surface area contributed by atoms with Gasteiger partial charge in [0, 0.05) is 11.9 Å². The molecule has 0 bridgehead atoms. The van der Waals surface area contributed by atoms with E-state index in [0.717, 1.165) is 24.0 Å². The number of rotatable bonds is 4. The topological polar surface area (TPSA) is 20.7 Å². The van der Waals surface area contributed by atoms with E-state index >= 15 is 0 Å². The maximum absolute atomic E-state index is 5.37. The Labute approximate surface area is 107 Å². The van der Waals surface area contributed by atoms with Crippen LogP contribution in [0.1, 0.15) is 31.5 Å². The molecule has 0 aliphatic rings. The van der Waals surface area contributed by atoms with Crippen molar-refractivity contribution in [2.75, 3.05) is 0 Å². The summed E-state index contributed by atoms with van der Waals surface area (Å²) in [4.78, 5) is 3.13. The zero-order valence-electron chi connectivity index (χ0n) is 10.4. The molecule has 0 atom stereocenters. The SMILES string of the molecule is CCCc1ccccc1-n1c(CC)c[nH]c1=S. The highest BCUT2D eigenvalue weighted by Gasteiger charge is 2.08. The van der Waals surface area contributed by atoms with Crippen LogP contribution in [-0.2, 0) is 12.8 Å². The number of aryl methyl sites for hydroxylation is 2. The fraction of sp³-hybridized carbons (Fsp3) is 0.357. The van der Waals surface area contributed by atoms with Crippen molar-refractivity contribution < 1.29 is 0 Å². The summed E-state index contributed by atoms with van der Waals surface area (Å²) in [7, 11) is 0. The summed E-state index contributed by atoms with van der Waals surface area (Å²) in [6.07, 6.45) is 5.22. The summed E-state index contributed by atoms with van der Waals surface area (Å²) in [6.45, 7) is 4.35. The van der Waals surface area contributed by atoms with Crippen LogP contribution in [0.5, 0.6) is 0 Å². The van der Waals surface area contributed by atoms with E-state index in [-0.39, 0.29) is 0 Å². The Morgan fingerprint density at radius 2 is 2.00 bits per heavy atom. The van der Waals surface area contributed by atoms with Crippen LogP contribution in [0.3, 0.4) is 0 Å². The zero-order chi connectivity index (χ0) is 12.3. The second kappa shape index (κ2) is 5.32. The number of aromatic nitrogens is 2. The third-order valence-corrected chi connectivity index (χ3v) is 3.27. The number of benzene rings is 1. The molecule has 0 spiro atoms. The minimum atomic E-state index is 0.783. The highest BCUT2D eigenvalue weighted by atomic mass is 32.1. The largest absolute Gasteiger partial charge is 0.337 e. The lowest BCUT2D eigenvalue weighted by atomic mass is 10.1. The molecular formula is C14H18N2S. The standard InChI is InChI=1S/C14H18N2S/c1-3-7-11-8-5-6-9-13(11)16-12(4-2)10-15-14(16)17/h5-6,8-10H,3-4,7H2,1-2H3,(H,15,17). The lowest BCUT2D eigenvalue weighted by Crippen LogP contribution is -2.03. The molecule has 0 fully saturated rings. The van der Waals surface area contributed by atoms with E-state index in [1.54, 1.807) is 0 Å². The predicted molar refractivity (Wildman–Crippen MR) is 74.3 cm³/mol. The lowest BCUT2D eigenvalue weighted by molar-refractivity contribution is 0.868. The molecule has 17 heavy (non-hydrogen) atoms. The molecule has 1 aromatic carbocycles. The minimum absolute atomic E-state index is 0.783. The Morgan fingerprint density at radius 3 is 2.71 bits per heavy atom. The van der Waals surface area contributed by atoms with E-state index in [4.69, 9.17) is 12.2 Å². The van der Waals surface area contributed by atoms with Crippen LogP contribution in [0.4, 0.5) is 0 Å². The summed E-state index contributed by atoms with van der Waals surface area (Å²) in [5.41, 5.74) is 3.82. The summed E-state index contributed by atoms with van der Waals surface area (Å²) < 4.78 is 2.94. The lowest BCUT2D eigenvalue weighted by Gasteiger charge is -2.12. The zero-order valence-corrected chi connectivity index (χ0v) is 11.2. The van der Waals surface area contributed by atoms with Crippen molar-refractivity contribution >= 4 is 12.2 Å². The Morgan fingerprint density at radius 1 is 1.24 bits per heavy atom. The summed E-state index contributed by atoms with van der Waals surface area (Å²) in [6, 6.07) is 8.50. The van der Waals surface area contributed by atoms with Crippen molar-refractivity contribution in [2.24, 2.45) is 0 Å². The average Bonchev–Trinajstić information content (AvgIpc) is 2.72. The third-order valence-electron chi connectivity index (χ3n) is 2.97. The molecule has 0 amide bonds. The maximum Gasteiger partial charge on any atom is 0.182 e. The smallest absolute Gasteiger partial charge is 0.182 e. The predicted octanol–water partition coefficient (Wildman–Crippen LogP) is 4.05. The molecule has 0 unspecified atom stereocenters. The van der Waals surface area contributed by atoms with Crippen LogP contribution in [-0.4, -0.2) is 9.55 Å². The van der Waals surface area contributed by atoms with Gasteiger partial charge in [0.25, 0.3) is 0 Å². The van der Waals surface area contributed by atoms with Crippen molar-refractivity contribution in [3.05, 3.63) is 46.5 Å². The molecule has 2 rings (SSSR count). The van der Waals surface area contributed by atoms with Crippen LogP contribution in [0.25, 0.3) is 5.69 Å². The summed E-state index contributed by atoms with van der Waals surface area (Å²) in [5, 5.41) is 0. The average molecular weight is 246 g/mol. The first-order valence-corrected chi connectivity index (χ1v) is 6.56. The molecule has 2 aromatic rings. The van der Waals surface area contributed by atoms with E-state index in [0.29, 0.717) is 0 Å². The molecule has 1 N–H and O–H groups in total. The number of H-pyrrole nitrogens is 1. The molecule has 2 nitrogen and oxygen atoms in total. The number of nitrogens with one attached hydrogen (secondary N) is 1. The Hall–Kier alpha value is -1.35. The quantitative estimate of drug-likeness (QED) is 0.807. The van der Waals surface area contributed by atoms with E-state index in [1.165, 1.54) is 16.9 Å². The van der Waals surface area contributed by atoms with E-state index in [1.807, 2.05) is 6.20 Å². The monoisotopic (exact) mass is 246 g/mol. The number of hydrogen-bond acceptors (Lipinski definition) is 1. The summed E-state index contributed by atoms with van der Waals surface area (Å²) >= 11 is 5.37. The number of nitrogens with zero attached hydrogens (tertiary/aromatic N) is 1. The Bertz CT molecular complexity index is 551. The maximum atomic E-state index is 5.37. The first kappa shape index (κ1) is 12.1. The fourth-order valence-corrected chi connectivity index (χ4v) is 2.41. The van der Waals surface area contributed by atoms with Crippen LogP contribution in [0.15, 0.2) is 30.5 Å². The first-order chi connectivity index (χ1) is 8.27. The first-order valence-electron chi connectivity index (χ1n) is 6.15. The second-order valence-electron chi connectivity index (χ2n) is 4.15. The molecule has 0 saturated heterocycles. The third kappa shape index (κ3) is 2.34. The van der Waals surface area contributed by atoms with Gasteiger partial charge in [0.15, 0.2) is 4.77 Å². The number of imidazole rings is 1. The van der Waals surface area contributed by atoms with Gasteiger partial charge >= 0.3 is 0 Å². The van der Waals surface area contributed by atoms with Gasteiger partial charge < -0.3 is 4.98 Å². The van der Waals surface area contributed by atoms with Crippen molar-refractivity contribution in [3.63, 3.8) is 0 Å². The minimum Gasteiger partial charge on any atom is -0.337 e. The number of aromatic amines is 1. The molecule has 0 aliphatic heterocycles. The van der Waals surface area contributed by atoms with Gasteiger partial charge in [-0.1, -0.05) is 38.5 Å². The van der Waals surface area contributed by atoms with Gasteiger partial charge in [-0.3, -0.25) is 4.57 Å². The molecule has 1 aromatic heterocycles. The van der Waals surface area contributed by atoms with Crippen LogP contribution >= 0.6 is 12.2 Å². The molecule has 3 heteroatoms. The van der Waals surface area contributed by atoms with Gasteiger partial charge in [-0.25, -0.2) is 0 Å². The van der Waals surface area contributed by atoms with E-state index < -0.39 is 0 Å². The van der Waals surface area contributed by atoms with E-state index in [9.17, 15) is 0 Å². The van der Waals surface area contributed by atoms with Gasteiger partial charge in [-0.2, -0.15) is 0 Å². The van der Waals surface area contributed by atoms with Gasteiger partial charge in [0.1, 0.15) is 0 Å².